The minimum atomic E-state index is -0.148. The van der Waals surface area contributed by atoms with Crippen LogP contribution in [-0.4, -0.2) is 18.3 Å². The third-order valence-corrected chi connectivity index (χ3v) is 4.32. The Kier molecular flexibility index (Phi) is 4.94. The van der Waals surface area contributed by atoms with Gasteiger partial charge in [-0.05, 0) is 49.4 Å². The Hall–Kier alpha value is -2.62. The number of rotatable bonds is 5. The molecule has 1 aliphatic carbocycles. The fraction of sp³-hybridized carbons (Fsp3) is 0.300. The lowest BCUT2D eigenvalue weighted by atomic mass is 9.88. The molecule has 0 saturated carbocycles. The highest BCUT2D eigenvalue weighted by atomic mass is 16.5. The van der Waals surface area contributed by atoms with Gasteiger partial charge in [0.15, 0.2) is 12.4 Å². The highest BCUT2D eigenvalue weighted by Crippen LogP contribution is 2.29. The minimum absolute atomic E-state index is 0.0243. The van der Waals surface area contributed by atoms with E-state index in [1.807, 2.05) is 12.1 Å². The monoisotopic (exact) mass is 323 g/mol. The molecule has 0 radical (unpaired) electrons. The number of Topliss-reactive ketones (excluding diaryl/α,β-unsaturated/α-hetero) is 1. The molecule has 4 nitrogen and oxygen atoms in total. The van der Waals surface area contributed by atoms with Crippen LogP contribution in [0.15, 0.2) is 48.5 Å². The van der Waals surface area contributed by atoms with E-state index in [2.05, 4.69) is 17.4 Å². The Morgan fingerprint density at radius 1 is 1.17 bits per heavy atom. The lowest BCUT2D eigenvalue weighted by molar-refractivity contribution is -0.123. The summed E-state index contributed by atoms with van der Waals surface area (Å²) in [6.45, 7) is 1.45. The summed E-state index contributed by atoms with van der Waals surface area (Å²) in [6, 6.07) is 15.2. The SMILES string of the molecule is CC(=O)c1cccc(OCC(=O)N[C@H]2CCCc3ccccc32)c1. The molecule has 0 saturated heterocycles. The fourth-order valence-corrected chi connectivity index (χ4v) is 3.09. The molecule has 1 amide bonds. The lowest BCUT2D eigenvalue weighted by Crippen LogP contribution is -2.34. The van der Waals surface area contributed by atoms with Crippen molar-refractivity contribution >= 4 is 11.7 Å². The van der Waals surface area contributed by atoms with E-state index >= 15 is 0 Å². The van der Waals surface area contributed by atoms with Crippen molar-refractivity contribution in [1.82, 2.24) is 5.32 Å². The molecular weight excluding hydrogens is 302 g/mol. The number of carbonyl (C=O) groups is 2. The van der Waals surface area contributed by atoms with E-state index in [9.17, 15) is 9.59 Å². The Balaban J connectivity index is 1.59. The van der Waals surface area contributed by atoms with Crippen molar-refractivity contribution in [2.45, 2.75) is 32.2 Å². The van der Waals surface area contributed by atoms with Gasteiger partial charge in [-0.2, -0.15) is 0 Å². The second kappa shape index (κ2) is 7.30. The van der Waals surface area contributed by atoms with E-state index in [4.69, 9.17) is 4.74 Å². The third-order valence-electron chi connectivity index (χ3n) is 4.32. The lowest BCUT2D eigenvalue weighted by Gasteiger charge is -2.26. The first-order valence-corrected chi connectivity index (χ1v) is 8.24. The number of fused-ring (bicyclic) bond motifs is 1. The maximum absolute atomic E-state index is 12.2. The van der Waals surface area contributed by atoms with Crippen molar-refractivity contribution in [3.8, 4) is 5.75 Å². The summed E-state index contributed by atoms with van der Waals surface area (Å²) < 4.78 is 5.52. The molecule has 24 heavy (non-hydrogen) atoms. The van der Waals surface area contributed by atoms with Crippen molar-refractivity contribution in [1.29, 1.82) is 0 Å². The number of aryl methyl sites for hydroxylation is 1. The number of nitrogens with one attached hydrogen (secondary N) is 1. The standard InChI is InChI=1S/C20H21NO3/c1-14(22)16-8-4-9-17(12-16)24-13-20(23)21-19-11-5-7-15-6-2-3-10-18(15)19/h2-4,6,8-10,12,19H,5,7,11,13H2,1H3,(H,21,23)/t19-/m0/s1. The van der Waals surface area contributed by atoms with Crippen LogP contribution in [0.5, 0.6) is 5.75 Å². The summed E-state index contributed by atoms with van der Waals surface area (Å²) in [4.78, 5) is 23.6. The molecule has 0 aromatic heterocycles. The number of carbonyl (C=O) groups excluding carboxylic acids is 2. The van der Waals surface area contributed by atoms with Crippen molar-refractivity contribution in [2.75, 3.05) is 6.61 Å². The maximum atomic E-state index is 12.2. The molecule has 2 aromatic carbocycles. The Morgan fingerprint density at radius 3 is 2.83 bits per heavy atom. The first-order valence-electron chi connectivity index (χ1n) is 8.24. The van der Waals surface area contributed by atoms with Gasteiger partial charge in [-0.3, -0.25) is 9.59 Å². The van der Waals surface area contributed by atoms with Crippen molar-refractivity contribution < 1.29 is 14.3 Å². The first-order chi connectivity index (χ1) is 11.6. The summed E-state index contributed by atoms with van der Waals surface area (Å²) in [6.07, 6.45) is 3.09. The van der Waals surface area contributed by atoms with E-state index in [-0.39, 0.29) is 24.3 Å². The molecule has 1 aliphatic rings. The van der Waals surface area contributed by atoms with Gasteiger partial charge < -0.3 is 10.1 Å². The number of hydrogen-bond donors (Lipinski definition) is 1. The predicted octanol–water partition coefficient (Wildman–Crippen LogP) is 3.46. The van der Waals surface area contributed by atoms with Gasteiger partial charge in [0.05, 0.1) is 6.04 Å². The van der Waals surface area contributed by atoms with E-state index in [0.717, 1.165) is 19.3 Å². The van der Waals surface area contributed by atoms with Crippen molar-refractivity contribution in [2.24, 2.45) is 0 Å². The van der Waals surface area contributed by atoms with Gasteiger partial charge in [0.1, 0.15) is 5.75 Å². The molecule has 0 aliphatic heterocycles. The van der Waals surface area contributed by atoms with Crippen molar-refractivity contribution in [3.05, 3.63) is 65.2 Å². The molecule has 0 unspecified atom stereocenters. The summed E-state index contributed by atoms with van der Waals surface area (Å²) in [7, 11) is 0. The zero-order chi connectivity index (χ0) is 16.9. The van der Waals surface area contributed by atoms with Crippen LogP contribution in [0.1, 0.15) is 47.3 Å². The van der Waals surface area contributed by atoms with Crippen LogP contribution < -0.4 is 10.1 Å². The van der Waals surface area contributed by atoms with Crippen LogP contribution in [0.2, 0.25) is 0 Å². The average Bonchev–Trinajstić information content (AvgIpc) is 2.60. The third kappa shape index (κ3) is 3.82. The molecule has 3 rings (SSSR count). The van der Waals surface area contributed by atoms with Crippen LogP contribution in [0.25, 0.3) is 0 Å². The molecule has 0 spiro atoms. The zero-order valence-corrected chi connectivity index (χ0v) is 13.7. The summed E-state index contributed by atoms with van der Waals surface area (Å²) in [5.74, 6) is 0.357. The number of benzene rings is 2. The summed E-state index contributed by atoms with van der Waals surface area (Å²) in [5.41, 5.74) is 3.09. The normalized spacial score (nSPS) is 16.1. The molecule has 0 heterocycles. The topological polar surface area (TPSA) is 55.4 Å². The second-order valence-electron chi connectivity index (χ2n) is 6.08. The largest absolute Gasteiger partial charge is 0.484 e. The number of amides is 1. The van der Waals surface area contributed by atoms with Gasteiger partial charge in [0.25, 0.3) is 5.91 Å². The van der Waals surface area contributed by atoms with Gasteiger partial charge >= 0.3 is 0 Å². The fourth-order valence-electron chi connectivity index (χ4n) is 3.09. The number of hydrogen-bond acceptors (Lipinski definition) is 3. The van der Waals surface area contributed by atoms with Crippen LogP contribution in [0.4, 0.5) is 0 Å². The van der Waals surface area contributed by atoms with Crippen LogP contribution in [0.3, 0.4) is 0 Å². The van der Waals surface area contributed by atoms with E-state index < -0.39 is 0 Å². The first kappa shape index (κ1) is 16.2. The highest BCUT2D eigenvalue weighted by Gasteiger charge is 2.21. The van der Waals surface area contributed by atoms with Gasteiger partial charge in [-0.15, -0.1) is 0 Å². The molecule has 1 atom stereocenters. The summed E-state index contributed by atoms with van der Waals surface area (Å²) in [5, 5.41) is 3.05. The van der Waals surface area contributed by atoms with Gasteiger partial charge in [-0.25, -0.2) is 0 Å². The Labute approximate surface area is 141 Å². The minimum Gasteiger partial charge on any atom is -0.484 e. The number of ketones is 1. The average molecular weight is 323 g/mol. The molecule has 124 valence electrons. The van der Waals surface area contributed by atoms with Gasteiger partial charge in [-0.1, -0.05) is 36.4 Å². The highest BCUT2D eigenvalue weighted by molar-refractivity contribution is 5.94. The van der Waals surface area contributed by atoms with Crippen LogP contribution in [0, 0.1) is 0 Å². The van der Waals surface area contributed by atoms with Gasteiger partial charge in [0, 0.05) is 5.56 Å². The quantitative estimate of drug-likeness (QED) is 0.857. The summed E-state index contributed by atoms with van der Waals surface area (Å²) >= 11 is 0. The molecule has 0 fully saturated rings. The maximum Gasteiger partial charge on any atom is 0.258 e. The molecular formula is C20H21NO3. The van der Waals surface area contributed by atoms with Crippen molar-refractivity contribution in [3.63, 3.8) is 0 Å². The molecule has 1 N–H and O–H groups in total. The Bertz CT molecular complexity index is 754. The molecule has 0 bridgehead atoms. The van der Waals surface area contributed by atoms with E-state index in [1.165, 1.54) is 18.1 Å². The molecule has 2 aromatic rings. The van der Waals surface area contributed by atoms with Gasteiger partial charge in [0.2, 0.25) is 0 Å². The van der Waals surface area contributed by atoms with E-state index in [0.29, 0.717) is 11.3 Å². The zero-order valence-electron chi connectivity index (χ0n) is 13.7. The van der Waals surface area contributed by atoms with E-state index in [1.54, 1.807) is 24.3 Å². The van der Waals surface area contributed by atoms with Crippen LogP contribution >= 0.6 is 0 Å². The van der Waals surface area contributed by atoms with Crippen LogP contribution in [-0.2, 0) is 11.2 Å². The smallest absolute Gasteiger partial charge is 0.258 e. The number of ether oxygens (including phenoxy) is 1. The molecule has 4 heteroatoms. The predicted molar refractivity (Wildman–Crippen MR) is 92.2 cm³/mol. The Morgan fingerprint density at radius 2 is 2.00 bits per heavy atom. The second-order valence-corrected chi connectivity index (χ2v) is 6.08.